The van der Waals surface area contributed by atoms with Crippen molar-refractivity contribution in [3.63, 3.8) is 0 Å². The van der Waals surface area contributed by atoms with Crippen molar-refractivity contribution in [2.45, 2.75) is 13.0 Å². The maximum absolute atomic E-state index is 12.8. The van der Waals surface area contributed by atoms with E-state index in [0.717, 1.165) is 23.0 Å². The predicted molar refractivity (Wildman–Crippen MR) is 101 cm³/mol. The van der Waals surface area contributed by atoms with E-state index in [0.29, 0.717) is 26.1 Å². The van der Waals surface area contributed by atoms with Crippen LogP contribution in [0, 0.1) is 5.92 Å². The van der Waals surface area contributed by atoms with Gasteiger partial charge in [-0.2, -0.15) is 0 Å². The fourth-order valence-corrected chi connectivity index (χ4v) is 3.36. The topological polar surface area (TPSA) is 56.8 Å². The predicted octanol–water partition coefficient (Wildman–Crippen LogP) is 1.60. The lowest BCUT2D eigenvalue weighted by molar-refractivity contribution is -0.135. The van der Waals surface area contributed by atoms with Crippen molar-refractivity contribution in [3.8, 4) is 0 Å². The fourth-order valence-electron chi connectivity index (χ4n) is 3.36. The first kappa shape index (κ1) is 18.3. The van der Waals surface area contributed by atoms with Crippen molar-refractivity contribution in [2.75, 3.05) is 40.8 Å². The lowest BCUT2D eigenvalue weighted by atomic mass is 10.1. The molecule has 0 bridgehead atoms. The van der Waals surface area contributed by atoms with Gasteiger partial charge in [0.2, 0.25) is 11.8 Å². The van der Waals surface area contributed by atoms with Crippen LogP contribution in [0.4, 0.5) is 0 Å². The fraction of sp³-hybridized carbons (Fsp3) is 0.450. The van der Waals surface area contributed by atoms with E-state index in [1.165, 1.54) is 0 Å². The summed E-state index contributed by atoms with van der Waals surface area (Å²) >= 11 is 0. The molecule has 2 heterocycles. The molecule has 1 unspecified atom stereocenters. The number of likely N-dealkylation sites (N-methyl/N-ethyl adjacent to an activating group) is 1. The number of carbonyl (C=O) groups excluding carboxylic acids is 2. The Morgan fingerprint density at radius 2 is 2.08 bits per heavy atom. The van der Waals surface area contributed by atoms with Crippen molar-refractivity contribution in [1.29, 1.82) is 0 Å². The SMILES string of the molecule is CN(C)CCN1CC(C(=O)N(C)Cc2ccc3ncccc3c2)CC1=O. The summed E-state index contributed by atoms with van der Waals surface area (Å²) in [6.45, 7) is 2.55. The molecule has 3 rings (SSSR count). The van der Waals surface area contributed by atoms with Gasteiger partial charge in [0.05, 0.1) is 11.4 Å². The van der Waals surface area contributed by atoms with E-state index in [9.17, 15) is 9.59 Å². The van der Waals surface area contributed by atoms with Gasteiger partial charge in [0.15, 0.2) is 0 Å². The third kappa shape index (κ3) is 4.19. The largest absolute Gasteiger partial charge is 0.341 e. The molecule has 2 amide bonds. The molecule has 0 spiro atoms. The van der Waals surface area contributed by atoms with Gasteiger partial charge < -0.3 is 14.7 Å². The molecular weight excluding hydrogens is 328 g/mol. The van der Waals surface area contributed by atoms with Crippen molar-refractivity contribution >= 4 is 22.7 Å². The molecule has 1 aromatic carbocycles. The minimum absolute atomic E-state index is 0.0389. The van der Waals surface area contributed by atoms with Gasteiger partial charge in [0.25, 0.3) is 0 Å². The average molecular weight is 354 g/mol. The lowest BCUT2D eigenvalue weighted by Crippen LogP contribution is -2.36. The van der Waals surface area contributed by atoms with E-state index in [2.05, 4.69) is 11.1 Å². The van der Waals surface area contributed by atoms with Crippen molar-refractivity contribution in [3.05, 3.63) is 42.1 Å². The normalized spacial score (nSPS) is 17.3. The number of fused-ring (bicyclic) bond motifs is 1. The summed E-state index contributed by atoms with van der Waals surface area (Å²) in [6.07, 6.45) is 2.09. The Kier molecular flexibility index (Phi) is 5.52. The maximum Gasteiger partial charge on any atom is 0.228 e. The van der Waals surface area contributed by atoms with E-state index in [4.69, 9.17) is 0 Å². The van der Waals surface area contributed by atoms with Gasteiger partial charge in [-0.15, -0.1) is 0 Å². The first-order valence-corrected chi connectivity index (χ1v) is 8.95. The van der Waals surface area contributed by atoms with Crippen LogP contribution in [0.5, 0.6) is 0 Å². The summed E-state index contributed by atoms with van der Waals surface area (Å²) < 4.78 is 0. The van der Waals surface area contributed by atoms with Crippen LogP contribution in [0.25, 0.3) is 10.9 Å². The van der Waals surface area contributed by atoms with Gasteiger partial charge in [-0.3, -0.25) is 14.6 Å². The molecule has 1 aromatic heterocycles. The van der Waals surface area contributed by atoms with E-state index in [-0.39, 0.29) is 17.7 Å². The standard InChI is InChI=1S/C20H26N4O2/c1-22(2)9-10-24-14-17(12-19(24)25)20(26)23(3)13-15-6-7-18-16(11-15)5-4-8-21-18/h4-8,11,17H,9-10,12-14H2,1-3H3. The second-order valence-corrected chi connectivity index (χ2v) is 7.27. The number of nitrogens with zero attached hydrogens (tertiary/aromatic N) is 4. The highest BCUT2D eigenvalue weighted by Gasteiger charge is 2.35. The van der Waals surface area contributed by atoms with Gasteiger partial charge in [0, 0.05) is 51.2 Å². The smallest absolute Gasteiger partial charge is 0.228 e. The van der Waals surface area contributed by atoms with E-state index in [1.807, 2.05) is 50.3 Å². The molecule has 1 aliphatic heterocycles. The second-order valence-electron chi connectivity index (χ2n) is 7.27. The van der Waals surface area contributed by atoms with Crippen molar-refractivity contribution < 1.29 is 9.59 Å². The minimum atomic E-state index is -0.239. The molecule has 1 fully saturated rings. The van der Waals surface area contributed by atoms with Crippen LogP contribution < -0.4 is 0 Å². The Bertz CT molecular complexity index is 805. The quantitative estimate of drug-likeness (QED) is 0.791. The zero-order valence-corrected chi connectivity index (χ0v) is 15.7. The number of aromatic nitrogens is 1. The maximum atomic E-state index is 12.8. The Morgan fingerprint density at radius 1 is 1.27 bits per heavy atom. The average Bonchev–Trinajstić information content (AvgIpc) is 3.00. The molecule has 2 aromatic rings. The number of amides is 2. The van der Waals surface area contributed by atoms with E-state index < -0.39 is 0 Å². The van der Waals surface area contributed by atoms with Crippen LogP contribution in [0.3, 0.4) is 0 Å². The Balaban J connectivity index is 1.61. The summed E-state index contributed by atoms with van der Waals surface area (Å²) in [5.41, 5.74) is 2.01. The number of hydrogen-bond acceptors (Lipinski definition) is 4. The van der Waals surface area contributed by atoms with E-state index in [1.54, 1.807) is 16.0 Å². The number of hydrogen-bond donors (Lipinski definition) is 0. The molecule has 0 aliphatic carbocycles. The minimum Gasteiger partial charge on any atom is -0.341 e. The van der Waals surface area contributed by atoms with Crippen LogP contribution in [0.2, 0.25) is 0 Å². The third-order valence-electron chi connectivity index (χ3n) is 4.84. The zero-order chi connectivity index (χ0) is 18.7. The molecule has 1 saturated heterocycles. The molecule has 0 N–H and O–H groups in total. The van der Waals surface area contributed by atoms with Crippen LogP contribution in [0.1, 0.15) is 12.0 Å². The third-order valence-corrected chi connectivity index (χ3v) is 4.84. The number of likely N-dealkylation sites (tertiary alicyclic amines) is 1. The Morgan fingerprint density at radius 3 is 2.85 bits per heavy atom. The van der Waals surface area contributed by atoms with Crippen LogP contribution >= 0.6 is 0 Å². The van der Waals surface area contributed by atoms with Gasteiger partial charge in [-0.1, -0.05) is 12.1 Å². The van der Waals surface area contributed by atoms with E-state index >= 15 is 0 Å². The molecule has 6 heteroatoms. The highest BCUT2D eigenvalue weighted by molar-refractivity contribution is 5.89. The summed E-state index contributed by atoms with van der Waals surface area (Å²) in [7, 11) is 5.77. The van der Waals surface area contributed by atoms with Crippen LogP contribution in [0.15, 0.2) is 36.5 Å². The molecule has 0 saturated carbocycles. The molecule has 26 heavy (non-hydrogen) atoms. The number of carbonyl (C=O) groups is 2. The van der Waals surface area contributed by atoms with Crippen LogP contribution in [-0.2, 0) is 16.1 Å². The summed E-state index contributed by atoms with van der Waals surface area (Å²) in [4.78, 5) is 34.8. The summed E-state index contributed by atoms with van der Waals surface area (Å²) in [5, 5.41) is 1.07. The first-order chi connectivity index (χ1) is 12.4. The highest BCUT2D eigenvalue weighted by atomic mass is 16.2. The molecular formula is C20H26N4O2. The summed E-state index contributed by atoms with van der Waals surface area (Å²) in [5.74, 6) is -0.121. The molecule has 0 radical (unpaired) electrons. The second kappa shape index (κ2) is 7.83. The van der Waals surface area contributed by atoms with Gasteiger partial charge >= 0.3 is 0 Å². The lowest BCUT2D eigenvalue weighted by Gasteiger charge is -2.22. The Labute approximate surface area is 154 Å². The Hall–Kier alpha value is -2.47. The van der Waals surface area contributed by atoms with Gasteiger partial charge in [-0.25, -0.2) is 0 Å². The van der Waals surface area contributed by atoms with Crippen molar-refractivity contribution in [1.82, 2.24) is 19.7 Å². The number of pyridine rings is 1. The molecule has 1 atom stereocenters. The van der Waals surface area contributed by atoms with Crippen LogP contribution in [-0.4, -0.2) is 72.3 Å². The number of benzene rings is 1. The molecule has 6 nitrogen and oxygen atoms in total. The van der Waals surface area contributed by atoms with Crippen molar-refractivity contribution in [2.24, 2.45) is 5.92 Å². The molecule has 138 valence electrons. The first-order valence-electron chi connectivity index (χ1n) is 8.95. The molecule has 1 aliphatic rings. The zero-order valence-electron chi connectivity index (χ0n) is 15.7. The monoisotopic (exact) mass is 354 g/mol. The van der Waals surface area contributed by atoms with Gasteiger partial charge in [0.1, 0.15) is 0 Å². The summed E-state index contributed by atoms with van der Waals surface area (Å²) in [6, 6.07) is 9.97. The number of rotatable bonds is 6. The highest BCUT2D eigenvalue weighted by Crippen LogP contribution is 2.21. The van der Waals surface area contributed by atoms with Gasteiger partial charge in [-0.05, 0) is 37.9 Å².